The molecule has 0 aliphatic carbocycles. The molecule has 1 aromatic carbocycles. The highest BCUT2D eigenvalue weighted by molar-refractivity contribution is 5.97. The summed E-state index contributed by atoms with van der Waals surface area (Å²) in [7, 11) is 0. The van der Waals surface area contributed by atoms with Crippen LogP contribution in [0.5, 0.6) is 0 Å². The van der Waals surface area contributed by atoms with Crippen LogP contribution in [0, 0.1) is 11.3 Å². The normalized spacial score (nSPS) is 11.5. The van der Waals surface area contributed by atoms with Crippen molar-refractivity contribution in [2.24, 2.45) is 0 Å². The first kappa shape index (κ1) is 12.3. The number of H-pyrrole nitrogens is 1. The lowest BCUT2D eigenvalue weighted by Crippen LogP contribution is -1.90. The average molecular weight is 240 g/mol. The third kappa shape index (κ3) is 2.10. The van der Waals surface area contributed by atoms with Crippen LogP contribution in [-0.4, -0.2) is 11.6 Å². The molecule has 3 nitrogen and oxygen atoms in total. The van der Waals surface area contributed by atoms with Crippen molar-refractivity contribution in [3.63, 3.8) is 0 Å². The molecule has 0 atom stereocenters. The number of aryl methyl sites for hydroxylation is 1. The van der Waals surface area contributed by atoms with Gasteiger partial charge in [-0.1, -0.05) is 25.1 Å². The van der Waals surface area contributed by atoms with Gasteiger partial charge in [0, 0.05) is 22.2 Å². The summed E-state index contributed by atoms with van der Waals surface area (Å²) in [6, 6.07) is 10.2. The third-order valence-electron chi connectivity index (χ3n) is 2.89. The van der Waals surface area contributed by atoms with E-state index in [0.29, 0.717) is 12.2 Å². The molecule has 0 aliphatic heterocycles. The molecule has 0 amide bonds. The van der Waals surface area contributed by atoms with Crippen molar-refractivity contribution >= 4 is 16.5 Å². The molecule has 1 aromatic heterocycles. The number of benzene rings is 1. The van der Waals surface area contributed by atoms with Crippen LogP contribution in [0.1, 0.15) is 25.1 Å². The SMILES string of the molecule is CCOC=C(C#N)c1c(CC)[nH]c2ccccc12. The fraction of sp³-hybridized carbons (Fsp3) is 0.267. The number of allylic oxidation sites excluding steroid dienone is 1. The van der Waals surface area contributed by atoms with E-state index in [4.69, 9.17) is 4.74 Å². The van der Waals surface area contributed by atoms with E-state index < -0.39 is 0 Å². The van der Waals surface area contributed by atoms with Gasteiger partial charge in [0.2, 0.25) is 0 Å². The van der Waals surface area contributed by atoms with Crippen LogP contribution in [0.4, 0.5) is 0 Å². The number of nitrogens with one attached hydrogen (secondary N) is 1. The highest BCUT2D eigenvalue weighted by atomic mass is 16.5. The lowest BCUT2D eigenvalue weighted by atomic mass is 10.0. The molecule has 2 aromatic rings. The smallest absolute Gasteiger partial charge is 0.103 e. The summed E-state index contributed by atoms with van der Waals surface area (Å²) in [4.78, 5) is 3.36. The Morgan fingerprint density at radius 1 is 1.39 bits per heavy atom. The van der Waals surface area contributed by atoms with E-state index in [-0.39, 0.29) is 0 Å². The molecule has 0 radical (unpaired) electrons. The second-order valence-electron chi connectivity index (χ2n) is 3.98. The molecule has 1 N–H and O–H groups in total. The lowest BCUT2D eigenvalue weighted by molar-refractivity contribution is 0.271. The second kappa shape index (κ2) is 5.42. The second-order valence-corrected chi connectivity index (χ2v) is 3.98. The first-order chi connectivity index (χ1) is 8.81. The summed E-state index contributed by atoms with van der Waals surface area (Å²) in [6.45, 7) is 4.54. The Kier molecular flexibility index (Phi) is 3.69. The molecule has 0 aliphatic rings. The number of nitrogens with zero attached hydrogens (tertiary/aromatic N) is 1. The quantitative estimate of drug-likeness (QED) is 0.655. The summed E-state index contributed by atoms with van der Waals surface area (Å²) in [6.07, 6.45) is 2.41. The Labute approximate surface area is 107 Å². The van der Waals surface area contributed by atoms with Gasteiger partial charge < -0.3 is 9.72 Å². The predicted molar refractivity (Wildman–Crippen MR) is 72.9 cm³/mol. The number of aromatic nitrogens is 1. The number of hydrogen-bond donors (Lipinski definition) is 1. The maximum Gasteiger partial charge on any atom is 0.103 e. The molecule has 0 spiro atoms. The fourth-order valence-electron chi connectivity index (χ4n) is 2.08. The van der Waals surface area contributed by atoms with Crippen LogP contribution in [0.2, 0.25) is 0 Å². The van der Waals surface area contributed by atoms with Crippen molar-refractivity contribution in [2.75, 3.05) is 6.61 Å². The van der Waals surface area contributed by atoms with Gasteiger partial charge >= 0.3 is 0 Å². The molecule has 3 heteroatoms. The van der Waals surface area contributed by atoms with Crippen LogP contribution >= 0.6 is 0 Å². The van der Waals surface area contributed by atoms with Crippen LogP contribution in [0.3, 0.4) is 0 Å². The number of para-hydroxylation sites is 1. The number of fused-ring (bicyclic) bond motifs is 1. The van der Waals surface area contributed by atoms with Gasteiger partial charge in [-0.3, -0.25) is 0 Å². The first-order valence-corrected chi connectivity index (χ1v) is 6.13. The number of ether oxygens (including phenoxy) is 1. The molecule has 0 saturated heterocycles. The Balaban J connectivity index is 2.64. The maximum absolute atomic E-state index is 9.29. The molecule has 2 rings (SSSR count). The maximum atomic E-state index is 9.29. The zero-order valence-electron chi connectivity index (χ0n) is 10.7. The predicted octanol–water partition coefficient (Wildman–Crippen LogP) is 3.63. The summed E-state index contributed by atoms with van der Waals surface area (Å²) < 4.78 is 5.26. The van der Waals surface area contributed by atoms with Crippen molar-refractivity contribution in [2.45, 2.75) is 20.3 Å². The lowest BCUT2D eigenvalue weighted by Gasteiger charge is -2.02. The summed E-state index contributed by atoms with van der Waals surface area (Å²) >= 11 is 0. The van der Waals surface area contributed by atoms with E-state index in [0.717, 1.165) is 28.6 Å². The van der Waals surface area contributed by atoms with E-state index in [1.807, 2.05) is 31.2 Å². The van der Waals surface area contributed by atoms with Crippen molar-refractivity contribution in [3.8, 4) is 6.07 Å². The molecule has 0 bridgehead atoms. The minimum atomic E-state index is 0.564. The molecule has 0 unspecified atom stereocenters. The number of hydrogen-bond acceptors (Lipinski definition) is 2. The Morgan fingerprint density at radius 3 is 2.83 bits per heavy atom. The Bertz CT molecular complexity index is 617. The number of aromatic amines is 1. The van der Waals surface area contributed by atoms with E-state index in [1.165, 1.54) is 0 Å². The van der Waals surface area contributed by atoms with Gasteiger partial charge in [0.15, 0.2) is 0 Å². The van der Waals surface area contributed by atoms with E-state index >= 15 is 0 Å². The van der Waals surface area contributed by atoms with Crippen LogP contribution in [-0.2, 0) is 11.2 Å². The van der Waals surface area contributed by atoms with Gasteiger partial charge in [0.1, 0.15) is 12.3 Å². The van der Waals surface area contributed by atoms with Crippen molar-refractivity contribution < 1.29 is 4.74 Å². The van der Waals surface area contributed by atoms with Gasteiger partial charge in [-0.05, 0) is 19.4 Å². The minimum Gasteiger partial charge on any atom is -0.500 e. The van der Waals surface area contributed by atoms with E-state index in [1.54, 1.807) is 6.26 Å². The largest absolute Gasteiger partial charge is 0.500 e. The Hall–Kier alpha value is -2.21. The van der Waals surface area contributed by atoms with Crippen LogP contribution in [0.15, 0.2) is 30.5 Å². The molecule has 92 valence electrons. The molecule has 1 heterocycles. The van der Waals surface area contributed by atoms with Crippen LogP contribution in [0.25, 0.3) is 16.5 Å². The fourth-order valence-corrected chi connectivity index (χ4v) is 2.08. The highest BCUT2D eigenvalue weighted by Crippen LogP contribution is 2.29. The molecule has 18 heavy (non-hydrogen) atoms. The molecule has 0 fully saturated rings. The van der Waals surface area contributed by atoms with Gasteiger partial charge in [-0.15, -0.1) is 0 Å². The van der Waals surface area contributed by atoms with E-state index in [2.05, 4.69) is 18.0 Å². The molecular weight excluding hydrogens is 224 g/mol. The minimum absolute atomic E-state index is 0.564. The summed E-state index contributed by atoms with van der Waals surface area (Å²) in [5, 5.41) is 10.4. The highest BCUT2D eigenvalue weighted by Gasteiger charge is 2.14. The number of rotatable bonds is 4. The molecular formula is C15H16N2O. The van der Waals surface area contributed by atoms with Crippen molar-refractivity contribution in [1.29, 1.82) is 5.26 Å². The van der Waals surface area contributed by atoms with Gasteiger partial charge in [-0.25, -0.2) is 0 Å². The van der Waals surface area contributed by atoms with E-state index in [9.17, 15) is 5.26 Å². The van der Waals surface area contributed by atoms with Crippen LogP contribution < -0.4 is 0 Å². The van der Waals surface area contributed by atoms with Crippen molar-refractivity contribution in [3.05, 3.63) is 41.8 Å². The zero-order valence-corrected chi connectivity index (χ0v) is 10.7. The Morgan fingerprint density at radius 2 is 2.17 bits per heavy atom. The average Bonchev–Trinajstić information content (AvgIpc) is 2.79. The summed E-state index contributed by atoms with van der Waals surface area (Å²) in [5.74, 6) is 0. The first-order valence-electron chi connectivity index (χ1n) is 6.13. The number of nitriles is 1. The van der Waals surface area contributed by atoms with Gasteiger partial charge in [-0.2, -0.15) is 5.26 Å². The van der Waals surface area contributed by atoms with Gasteiger partial charge in [0.05, 0.1) is 12.2 Å². The van der Waals surface area contributed by atoms with Crippen molar-refractivity contribution in [1.82, 2.24) is 4.98 Å². The topological polar surface area (TPSA) is 48.8 Å². The summed E-state index contributed by atoms with van der Waals surface area (Å²) in [5.41, 5.74) is 3.67. The monoisotopic (exact) mass is 240 g/mol. The van der Waals surface area contributed by atoms with Gasteiger partial charge in [0.25, 0.3) is 0 Å². The zero-order chi connectivity index (χ0) is 13.0. The molecule has 0 saturated carbocycles. The standard InChI is InChI=1S/C15H16N2O/c1-3-13-15(11(9-16)10-18-4-2)12-7-5-6-8-14(12)17-13/h5-8,10,17H,3-4H2,1-2H3. The third-order valence-corrected chi connectivity index (χ3v) is 2.89.